The molecule has 0 saturated carbocycles. The number of hydrogen-bond donors (Lipinski definition) is 2. The number of nitrogens with zero attached hydrogens (tertiary/aromatic N) is 2. The fraction of sp³-hybridized carbons (Fsp3) is 0.240. The number of carbonyl (C=O) groups is 1. The third-order valence-corrected chi connectivity index (χ3v) is 6.34. The molecule has 158 valence electrons. The number of aromatic nitrogens is 2. The van der Waals surface area contributed by atoms with Crippen molar-refractivity contribution >= 4 is 33.3 Å². The first-order valence-corrected chi connectivity index (χ1v) is 11.2. The van der Waals surface area contributed by atoms with Crippen molar-refractivity contribution in [3.63, 3.8) is 0 Å². The molecule has 0 aliphatic rings. The highest BCUT2D eigenvalue weighted by atomic mass is 32.1. The van der Waals surface area contributed by atoms with Gasteiger partial charge in [0, 0.05) is 23.4 Å². The van der Waals surface area contributed by atoms with Gasteiger partial charge in [0.1, 0.15) is 17.0 Å². The SMILES string of the molecule is Cc1ccc(-c2c(C)sc3ncnc(NCCC(=O)NC(C)c4ccccc4)c23)cc1. The van der Waals surface area contributed by atoms with E-state index < -0.39 is 0 Å². The van der Waals surface area contributed by atoms with Crippen LogP contribution in [-0.2, 0) is 4.79 Å². The van der Waals surface area contributed by atoms with Crippen molar-refractivity contribution in [2.45, 2.75) is 33.2 Å². The Bertz CT molecular complexity index is 1190. The standard InChI is InChI=1S/C25H26N4OS/c1-16-9-11-20(12-10-16)22-18(3)31-25-23(22)24(27-15-28-25)26-14-13-21(30)29-17(2)19-7-5-4-6-8-19/h4-12,15,17H,13-14H2,1-3H3,(H,29,30)(H,26,27,28). The fourth-order valence-electron chi connectivity index (χ4n) is 3.68. The van der Waals surface area contributed by atoms with E-state index in [1.165, 1.54) is 10.4 Å². The summed E-state index contributed by atoms with van der Waals surface area (Å²) in [4.78, 5) is 23.5. The second-order valence-electron chi connectivity index (χ2n) is 7.68. The number of rotatable bonds is 7. The van der Waals surface area contributed by atoms with E-state index in [1.54, 1.807) is 17.7 Å². The van der Waals surface area contributed by atoms with E-state index in [1.807, 2.05) is 37.3 Å². The molecule has 4 aromatic rings. The average Bonchev–Trinajstić information content (AvgIpc) is 3.11. The van der Waals surface area contributed by atoms with Gasteiger partial charge >= 0.3 is 0 Å². The van der Waals surface area contributed by atoms with Crippen molar-refractivity contribution in [2.75, 3.05) is 11.9 Å². The molecule has 0 fully saturated rings. The first-order chi connectivity index (χ1) is 15.0. The van der Waals surface area contributed by atoms with Gasteiger partial charge in [-0.15, -0.1) is 11.3 Å². The van der Waals surface area contributed by atoms with E-state index in [9.17, 15) is 4.79 Å². The molecule has 2 heterocycles. The normalized spacial score (nSPS) is 12.0. The van der Waals surface area contributed by atoms with E-state index >= 15 is 0 Å². The molecule has 6 heteroatoms. The molecule has 2 aromatic heterocycles. The van der Waals surface area contributed by atoms with Crippen molar-refractivity contribution in [2.24, 2.45) is 0 Å². The van der Waals surface area contributed by atoms with E-state index in [4.69, 9.17) is 0 Å². The molecule has 0 aliphatic carbocycles. The number of fused-ring (bicyclic) bond motifs is 1. The van der Waals surface area contributed by atoms with Gasteiger partial charge in [-0.05, 0) is 31.9 Å². The van der Waals surface area contributed by atoms with Crippen LogP contribution >= 0.6 is 11.3 Å². The third kappa shape index (κ3) is 4.75. The molecule has 31 heavy (non-hydrogen) atoms. The second-order valence-corrected chi connectivity index (χ2v) is 8.88. The topological polar surface area (TPSA) is 66.9 Å². The van der Waals surface area contributed by atoms with Gasteiger partial charge in [0.05, 0.1) is 11.4 Å². The van der Waals surface area contributed by atoms with Gasteiger partial charge in [0.15, 0.2) is 0 Å². The number of aryl methyl sites for hydroxylation is 2. The van der Waals surface area contributed by atoms with Crippen molar-refractivity contribution in [1.29, 1.82) is 0 Å². The number of anilines is 1. The van der Waals surface area contributed by atoms with Gasteiger partial charge in [-0.2, -0.15) is 0 Å². The molecule has 0 saturated heterocycles. The Balaban J connectivity index is 1.47. The van der Waals surface area contributed by atoms with Gasteiger partial charge in [0.25, 0.3) is 0 Å². The van der Waals surface area contributed by atoms with E-state index in [0.717, 1.165) is 32.7 Å². The summed E-state index contributed by atoms with van der Waals surface area (Å²) in [5, 5.41) is 7.44. The molecule has 0 bridgehead atoms. The number of benzene rings is 2. The van der Waals surface area contributed by atoms with E-state index in [0.29, 0.717) is 13.0 Å². The van der Waals surface area contributed by atoms with Crippen molar-refractivity contribution in [3.8, 4) is 11.1 Å². The largest absolute Gasteiger partial charge is 0.369 e. The molecule has 0 aliphatic heterocycles. The number of carbonyl (C=O) groups excluding carboxylic acids is 1. The van der Waals surface area contributed by atoms with Crippen LogP contribution in [-0.4, -0.2) is 22.4 Å². The molecule has 5 nitrogen and oxygen atoms in total. The van der Waals surface area contributed by atoms with Crippen LogP contribution in [0.2, 0.25) is 0 Å². The van der Waals surface area contributed by atoms with Gasteiger partial charge in [-0.1, -0.05) is 60.2 Å². The summed E-state index contributed by atoms with van der Waals surface area (Å²) in [5.41, 5.74) is 4.64. The van der Waals surface area contributed by atoms with Gasteiger partial charge < -0.3 is 10.6 Å². The van der Waals surface area contributed by atoms with Gasteiger partial charge in [0.2, 0.25) is 5.91 Å². The fourth-order valence-corrected chi connectivity index (χ4v) is 4.69. The lowest BCUT2D eigenvalue weighted by molar-refractivity contribution is -0.121. The third-order valence-electron chi connectivity index (χ3n) is 5.33. The summed E-state index contributed by atoms with van der Waals surface area (Å²) in [6, 6.07) is 18.5. The highest BCUT2D eigenvalue weighted by molar-refractivity contribution is 7.19. The Morgan fingerprint density at radius 2 is 1.77 bits per heavy atom. The van der Waals surface area contributed by atoms with Crippen LogP contribution in [0.1, 0.15) is 35.4 Å². The Morgan fingerprint density at radius 3 is 2.52 bits per heavy atom. The van der Waals surface area contributed by atoms with Crippen LogP contribution in [0.25, 0.3) is 21.3 Å². The minimum Gasteiger partial charge on any atom is -0.369 e. The molecular weight excluding hydrogens is 404 g/mol. The van der Waals surface area contributed by atoms with Crippen LogP contribution in [0, 0.1) is 13.8 Å². The summed E-state index contributed by atoms with van der Waals surface area (Å²) in [5.74, 6) is 0.781. The number of nitrogens with one attached hydrogen (secondary N) is 2. The Morgan fingerprint density at radius 1 is 1.03 bits per heavy atom. The molecule has 4 rings (SSSR count). The van der Waals surface area contributed by atoms with Crippen molar-refractivity contribution < 1.29 is 4.79 Å². The maximum Gasteiger partial charge on any atom is 0.222 e. The van der Waals surface area contributed by atoms with Crippen LogP contribution in [0.15, 0.2) is 60.9 Å². The van der Waals surface area contributed by atoms with Gasteiger partial charge in [-0.25, -0.2) is 9.97 Å². The zero-order valence-electron chi connectivity index (χ0n) is 18.0. The minimum absolute atomic E-state index is 0.00871. The summed E-state index contributed by atoms with van der Waals surface area (Å²) in [6.07, 6.45) is 1.95. The Labute approximate surface area is 186 Å². The number of amides is 1. The van der Waals surface area contributed by atoms with Crippen LogP contribution in [0.5, 0.6) is 0 Å². The molecule has 1 atom stereocenters. The summed E-state index contributed by atoms with van der Waals surface area (Å²) in [6.45, 7) is 6.70. The van der Waals surface area contributed by atoms with Crippen LogP contribution < -0.4 is 10.6 Å². The maximum absolute atomic E-state index is 12.4. The number of thiophene rings is 1. The predicted octanol–water partition coefficient (Wildman–Crippen LogP) is 5.65. The highest BCUT2D eigenvalue weighted by Gasteiger charge is 2.17. The Kier molecular flexibility index (Phi) is 6.28. The first kappa shape index (κ1) is 21.0. The zero-order valence-corrected chi connectivity index (χ0v) is 18.8. The molecule has 0 radical (unpaired) electrons. The highest BCUT2D eigenvalue weighted by Crippen LogP contribution is 2.40. The monoisotopic (exact) mass is 430 g/mol. The molecule has 1 unspecified atom stereocenters. The lowest BCUT2D eigenvalue weighted by Crippen LogP contribution is -2.28. The average molecular weight is 431 g/mol. The van der Waals surface area contributed by atoms with Gasteiger partial charge in [-0.3, -0.25) is 4.79 Å². The van der Waals surface area contributed by atoms with Crippen molar-refractivity contribution in [1.82, 2.24) is 15.3 Å². The minimum atomic E-state index is -0.0212. The van der Waals surface area contributed by atoms with Crippen molar-refractivity contribution in [3.05, 3.63) is 76.9 Å². The molecule has 2 N–H and O–H groups in total. The molecule has 1 amide bonds. The quantitative estimate of drug-likeness (QED) is 0.397. The predicted molar refractivity (Wildman–Crippen MR) is 128 cm³/mol. The second kappa shape index (κ2) is 9.27. The zero-order chi connectivity index (χ0) is 21.8. The van der Waals surface area contributed by atoms with E-state index in [-0.39, 0.29) is 11.9 Å². The lowest BCUT2D eigenvalue weighted by atomic mass is 10.0. The summed E-state index contributed by atoms with van der Waals surface area (Å²) >= 11 is 1.67. The smallest absolute Gasteiger partial charge is 0.222 e. The van der Waals surface area contributed by atoms with Crippen LogP contribution in [0.4, 0.5) is 5.82 Å². The Hall–Kier alpha value is -3.25. The van der Waals surface area contributed by atoms with Crippen LogP contribution in [0.3, 0.4) is 0 Å². The molecule has 0 spiro atoms. The molecule has 2 aromatic carbocycles. The van der Waals surface area contributed by atoms with E-state index in [2.05, 4.69) is 58.7 Å². The number of hydrogen-bond acceptors (Lipinski definition) is 5. The molecular formula is C25H26N4OS. The first-order valence-electron chi connectivity index (χ1n) is 10.4. The maximum atomic E-state index is 12.4. The summed E-state index contributed by atoms with van der Waals surface area (Å²) in [7, 11) is 0. The lowest BCUT2D eigenvalue weighted by Gasteiger charge is -2.14. The summed E-state index contributed by atoms with van der Waals surface area (Å²) < 4.78 is 0.